The summed E-state index contributed by atoms with van der Waals surface area (Å²) in [4.78, 5) is 14.1. The Hall–Kier alpha value is -3.85. The van der Waals surface area contributed by atoms with Crippen LogP contribution in [0.25, 0.3) is 0 Å². The summed E-state index contributed by atoms with van der Waals surface area (Å²) >= 11 is 0. The van der Waals surface area contributed by atoms with E-state index in [4.69, 9.17) is 15.2 Å². The molecule has 1 aliphatic carbocycles. The Morgan fingerprint density at radius 3 is 2.38 bits per heavy atom. The number of aryl methyl sites for hydroxylation is 2. The van der Waals surface area contributed by atoms with E-state index in [-0.39, 0.29) is 35.2 Å². The molecule has 4 rings (SSSR count). The molecule has 1 fully saturated rings. The Morgan fingerprint density at radius 1 is 1.00 bits per heavy atom. The lowest BCUT2D eigenvalue weighted by Gasteiger charge is -2.42. The number of carbonyl (C=O) groups is 1. The van der Waals surface area contributed by atoms with Gasteiger partial charge < -0.3 is 41.0 Å². The summed E-state index contributed by atoms with van der Waals surface area (Å²) in [7, 11) is 2.89. The smallest absolute Gasteiger partial charge is 0.200 e. The molecule has 216 valence electrons. The number of phenols is 3. The van der Waals surface area contributed by atoms with E-state index in [2.05, 4.69) is 11.4 Å². The van der Waals surface area contributed by atoms with Crippen molar-refractivity contribution in [2.45, 2.75) is 57.5 Å². The van der Waals surface area contributed by atoms with E-state index in [1.165, 1.54) is 20.3 Å². The molecule has 2 aromatic carbocycles. The molecule has 2 aromatic rings. The standard InChI is InChI=1S/C31H40N2O7/c1-39-26-16-19(5-8-22(26)34)6-9-23(35)29(31(12-3-4-13-31)21-11-14-33-28(32)18-21)24(36)10-7-20-15-25(37)30(38)27(17-20)40-2/h5,8,11,15-18,23,29,33-35,37-38H,3-4,6-7,9-10,12-14,32H2,1-2H3/t23-,29-/m1/s1. The van der Waals surface area contributed by atoms with Crippen LogP contribution in [0.4, 0.5) is 0 Å². The Kier molecular flexibility index (Phi) is 9.14. The van der Waals surface area contributed by atoms with Crippen LogP contribution in [0, 0.1) is 11.3 Å². The largest absolute Gasteiger partial charge is 0.504 e. The van der Waals surface area contributed by atoms with Crippen molar-refractivity contribution in [2.75, 3.05) is 20.8 Å². The molecular weight excluding hydrogens is 512 g/mol. The topological polar surface area (TPSA) is 154 Å². The van der Waals surface area contributed by atoms with Crippen LogP contribution in [0.2, 0.25) is 0 Å². The number of aliphatic hydroxyl groups excluding tert-OH is 1. The minimum Gasteiger partial charge on any atom is -0.504 e. The van der Waals surface area contributed by atoms with E-state index in [1.54, 1.807) is 24.3 Å². The van der Waals surface area contributed by atoms with Crippen LogP contribution in [-0.4, -0.2) is 53.1 Å². The number of phenolic OH excluding ortho intramolecular Hbond substituents is 3. The summed E-state index contributed by atoms with van der Waals surface area (Å²) in [5.41, 5.74) is 8.13. The van der Waals surface area contributed by atoms with E-state index in [0.29, 0.717) is 42.9 Å². The highest BCUT2D eigenvalue weighted by atomic mass is 16.5. The van der Waals surface area contributed by atoms with Gasteiger partial charge in [0.05, 0.1) is 32.1 Å². The van der Waals surface area contributed by atoms with Gasteiger partial charge in [0.2, 0.25) is 5.75 Å². The van der Waals surface area contributed by atoms with Crippen molar-refractivity contribution in [3.8, 4) is 28.7 Å². The van der Waals surface area contributed by atoms with Gasteiger partial charge >= 0.3 is 0 Å². The lowest BCUT2D eigenvalue weighted by atomic mass is 9.63. The second-order valence-corrected chi connectivity index (χ2v) is 10.7. The van der Waals surface area contributed by atoms with Gasteiger partial charge in [0.15, 0.2) is 23.0 Å². The number of dihydropyridines is 1. The van der Waals surface area contributed by atoms with Crippen LogP contribution in [0.15, 0.2) is 53.9 Å². The fourth-order valence-electron chi connectivity index (χ4n) is 6.31. The molecule has 2 aliphatic rings. The quantitative estimate of drug-likeness (QED) is 0.216. The number of nitrogens with two attached hydrogens (primary N) is 1. The molecule has 0 radical (unpaired) electrons. The van der Waals surface area contributed by atoms with Crippen LogP contribution in [0.5, 0.6) is 28.7 Å². The van der Waals surface area contributed by atoms with E-state index in [1.807, 2.05) is 6.08 Å². The average molecular weight is 553 g/mol. The van der Waals surface area contributed by atoms with Gasteiger partial charge in [-0.05, 0) is 79.1 Å². The molecule has 0 bridgehead atoms. The number of hydrogen-bond acceptors (Lipinski definition) is 9. The van der Waals surface area contributed by atoms with Gasteiger partial charge in [-0.1, -0.05) is 25.0 Å². The Labute approximate surface area is 234 Å². The summed E-state index contributed by atoms with van der Waals surface area (Å²) < 4.78 is 10.4. The first-order valence-corrected chi connectivity index (χ1v) is 13.8. The second kappa shape index (κ2) is 12.6. The molecule has 0 aromatic heterocycles. The molecule has 9 heteroatoms. The highest BCUT2D eigenvalue weighted by molar-refractivity contribution is 5.83. The highest BCUT2D eigenvalue weighted by Crippen LogP contribution is 2.53. The molecule has 0 unspecified atom stereocenters. The lowest BCUT2D eigenvalue weighted by Crippen LogP contribution is -2.44. The molecule has 1 heterocycles. The maximum absolute atomic E-state index is 14.1. The monoisotopic (exact) mass is 552 g/mol. The normalized spacial score (nSPS) is 17.8. The van der Waals surface area contributed by atoms with Gasteiger partial charge in [-0.25, -0.2) is 0 Å². The first-order chi connectivity index (χ1) is 19.2. The van der Waals surface area contributed by atoms with E-state index in [0.717, 1.165) is 36.8 Å². The predicted molar refractivity (Wildman–Crippen MR) is 151 cm³/mol. The number of allylic oxidation sites excluding steroid dienone is 2. The van der Waals surface area contributed by atoms with E-state index < -0.39 is 17.4 Å². The summed E-state index contributed by atoms with van der Waals surface area (Å²) in [6.07, 6.45) is 7.82. The van der Waals surface area contributed by atoms with Crippen LogP contribution >= 0.6 is 0 Å². The number of benzene rings is 2. The lowest BCUT2D eigenvalue weighted by molar-refractivity contribution is -0.131. The number of ketones is 1. The zero-order valence-corrected chi connectivity index (χ0v) is 23.2. The molecule has 0 saturated heterocycles. The Morgan fingerprint density at radius 2 is 1.70 bits per heavy atom. The number of aliphatic hydroxyl groups is 1. The molecule has 9 nitrogen and oxygen atoms in total. The third-order valence-electron chi connectivity index (χ3n) is 8.30. The van der Waals surface area contributed by atoms with Gasteiger partial charge in [-0.2, -0.15) is 0 Å². The number of hydrogen-bond donors (Lipinski definition) is 6. The predicted octanol–water partition coefficient (Wildman–Crippen LogP) is 3.82. The number of carbonyl (C=O) groups excluding carboxylic acids is 1. The zero-order valence-electron chi connectivity index (χ0n) is 23.2. The van der Waals surface area contributed by atoms with Crippen molar-refractivity contribution in [1.82, 2.24) is 5.32 Å². The Balaban J connectivity index is 1.62. The molecule has 1 saturated carbocycles. The van der Waals surface area contributed by atoms with Gasteiger partial charge in [0, 0.05) is 18.4 Å². The zero-order chi connectivity index (χ0) is 28.9. The number of methoxy groups -OCH3 is 2. The Bertz CT molecular complexity index is 1280. The third kappa shape index (κ3) is 6.14. The van der Waals surface area contributed by atoms with Crippen molar-refractivity contribution < 1.29 is 34.7 Å². The first-order valence-electron chi connectivity index (χ1n) is 13.8. The summed E-state index contributed by atoms with van der Waals surface area (Å²) in [5.74, 6) is -0.280. The summed E-state index contributed by atoms with van der Waals surface area (Å²) in [6.45, 7) is 0.566. The number of Topliss-reactive ketones (excluding diaryl/α,β-unsaturated/α-hetero) is 1. The third-order valence-corrected chi connectivity index (χ3v) is 8.30. The summed E-state index contributed by atoms with van der Waals surface area (Å²) in [6, 6.07) is 8.13. The number of nitrogens with one attached hydrogen (secondary N) is 1. The maximum atomic E-state index is 14.1. The molecule has 1 aliphatic heterocycles. The maximum Gasteiger partial charge on any atom is 0.200 e. The van der Waals surface area contributed by atoms with Crippen molar-refractivity contribution >= 4 is 5.78 Å². The number of aromatic hydroxyl groups is 3. The van der Waals surface area contributed by atoms with Crippen molar-refractivity contribution in [3.63, 3.8) is 0 Å². The van der Waals surface area contributed by atoms with Crippen LogP contribution < -0.4 is 20.5 Å². The van der Waals surface area contributed by atoms with Crippen LogP contribution in [0.3, 0.4) is 0 Å². The SMILES string of the molecule is COc1cc(CC[C@@H](O)[C@H](C(=O)CCc2cc(O)c(O)c(OC)c2)C2(C3=CCNC(N)=C3)CCCC2)ccc1O. The van der Waals surface area contributed by atoms with Gasteiger partial charge in [-0.3, -0.25) is 4.79 Å². The number of rotatable bonds is 12. The molecular formula is C31H40N2O7. The molecule has 0 spiro atoms. The summed E-state index contributed by atoms with van der Waals surface area (Å²) in [5, 5.41) is 44.9. The molecule has 0 amide bonds. The van der Waals surface area contributed by atoms with E-state index >= 15 is 0 Å². The fraction of sp³-hybridized carbons (Fsp3) is 0.452. The minimum absolute atomic E-state index is 0.0453. The van der Waals surface area contributed by atoms with Crippen molar-refractivity contribution in [1.29, 1.82) is 0 Å². The second-order valence-electron chi connectivity index (χ2n) is 10.7. The molecule has 7 N–H and O–H groups in total. The van der Waals surface area contributed by atoms with Crippen LogP contribution in [0.1, 0.15) is 49.7 Å². The van der Waals surface area contributed by atoms with Crippen molar-refractivity contribution in [3.05, 3.63) is 65.0 Å². The van der Waals surface area contributed by atoms with Gasteiger partial charge in [0.1, 0.15) is 5.78 Å². The average Bonchev–Trinajstić information content (AvgIpc) is 3.44. The van der Waals surface area contributed by atoms with E-state index in [9.17, 15) is 25.2 Å². The highest BCUT2D eigenvalue weighted by Gasteiger charge is 2.49. The molecule has 2 atom stereocenters. The van der Waals surface area contributed by atoms with Crippen LogP contribution in [-0.2, 0) is 17.6 Å². The molecule has 40 heavy (non-hydrogen) atoms. The minimum atomic E-state index is -0.918. The number of ether oxygens (including phenoxy) is 2. The first kappa shape index (κ1) is 29.1. The fourth-order valence-corrected chi connectivity index (χ4v) is 6.31. The van der Waals surface area contributed by atoms with Gasteiger partial charge in [-0.15, -0.1) is 0 Å². The van der Waals surface area contributed by atoms with Gasteiger partial charge in [0.25, 0.3) is 0 Å². The van der Waals surface area contributed by atoms with Crippen molar-refractivity contribution in [2.24, 2.45) is 17.1 Å².